The molecule has 0 saturated carbocycles. The summed E-state index contributed by atoms with van der Waals surface area (Å²) in [5.74, 6) is 0. The molecule has 0 fully saturated rings. The van der Waals surface area contributed by atoms with E-state index in [1.807, 2.05) is 18.3 Å². The molecule has 15 heavy (non-hydrogen) atoms. The van der Waals surface area contributed by atoms with Crippen molar-refractivity contribution in [3.8, 4) is 0 Å². The molecule has 1 atom stereocenters. The van der Waals surface area contributed by atoms with Crippen LogP contribution in [-0.4, -0.2) is 21.7 Å². The highest BCUT2D eigenvalue weighted by atomic mass is 32.2. The van der Waals surface area contributed by atoms with Crippen molar-refractivity contribution in [2.45, 2.75) is 9.59 Å². The van der Waals surface area contributed by atoms with E-state index in [-0.39, 0.29) is 5.25 Å². The maximum absolute atomic E-state index is 5.73. The molecule has 0 aliphatic heterocycles. The van der Waals surface area contributed by atoms with Gasteiger partial charge in [0.25, 0.3) is 0 Å². The van der Waals surface area contributed by atoms with Crippen LogP contribution >= 0.6 is 23.1 Å². The van der Waals surface area contributed by atoms with Gasteiger partial charge in [0.15, 0.2) is 4.34 Å². The van der Waals surface area contributed by atoms with Crippen molar-refractivity contribution < 1.29 is 0 Å². The SMILES string of the molecule is NCC(Sc1nncs1)c1cccnc1. The fourth-order valence-electron chi connectivity index (χ4n) is 1.15. The minimum atomic E-state index is 0.201. The normalized spacial score (nSPS) is 12.6. The zero-order chi connectivity index (χ0) is 10.5. The zero-order valence-electron chi connectivity index (χ0n) is 7.91. The van der Waals surface area contributed by atoms with Crippen LogP contribution in [0.25, 0.3) is 0 Å². The molecule has 0 saturated heterocycles. The number of nitrogens with zero attached hydrogens (tertiary/aromatic N) is 3. The molecular formula is C9H10N4S2. The predicted octanol–water partition coefficient (Wildman–Crippen LogP) is 1.73. The van der Waals surface area contributed by atoms with Crippen molar-refractivity contribution in [1.82, 2.24) is 15.2 Å². The second-order valence-electron chi connectivity index (χ2n) is 2.83. The molecule has 0 aliphatic carbocycles. The van der Waals surface area contributed by atoms with Crippen LogP contribution < -0.4 is 5.73 Å². The first-order valence-electron chi connectivity index (χ1n) is 4.43. The lowest BCUT2D eigenvalue weighted by molar-refractivity contribution is 0.923. The number of hydrogen-bond acceptors (Lipinski definition) is 6. The summed E-state index contributed by atoms with van der Waals surface area (Å²) >= 11 is 3.15. The van der Waals surface area contributed by atoms with Crippen molar-refractivity contribution in [3.05, 3.63) is 35.6 Å². The highest BCUT2D eigenvalue weighted by Crippen LogP contribution is 2.34. The monoisotopic (exact) mass is 238 g/mol. The molecular weight excluding hydrogens is 228 g/mol. The van der Waals surface area contributed by atoms with Gasteiger partial charge in [0.05, 0.1) is 5.25 Å². The topological polar surface area (TPSA) is 64.7 Å². The quantitative estimate of drug-likeness (QED) is 0.822. The molecule has 0 aliphatic rings. The van der Waals surface area contributed by atoms with Crippen molar-refractivity contribution in [3.63, 3.8) is 0 Å². The Hall–Kier alpha value is -0.980. The van der Waals surface area contributed by atoms with Crippen molar-refractivity contribution in [2.75, 3.05) is 6.54 Å². The first-order valence-corrected chi connectivity index (χ1v) is 6.19. The molecule has 0 radical (unpaired) electrons. The molecule has 2 N–H and O–H groups in total. The molecule has 6 heteroatoms. The lowest BCUT2D eigenvalue weighted by Gasteiger charge is -2.11. The number of rotatable bonds is 4. The molecule has 0 spiro atoms. The number of thioether (sulfide) groups is 1. The van der Waals surface area contributed by atoms with E-state index in [1.165, 1.54) is 11.3 Å². The minimum absolute atomic E-state index is 0.201. The molecule has 4 nitrogen and oxygen atoms in total. The molecule has 1 unspecified atom stereocenters. The summed E-state index contributed by atoms with van der Waals surface area (Å²) in [6.07, 6.45) is 3.60. The largest absolute Gasteiger partial charge is 0.329 e. The van der Waals surface area contributed by atoms with Crippen molar-refractivity contribution in [1.29, 1.82) is 0 Å². The van der Waals surface area contributed by atoms with E-state index in [2.05, 4.69) is 15.2 Å². The Balaban J connectivity index is 2.12. The number of aromatic nitrogens is 3. The van der Waals surface area contributed by atoms with Gasteiger partial charge >= 0.3 is 0 Å². The van der Waals surface area contributed by atoms with Crippen LogP contribution in [-0.2, 0) is 0 Å². The number of pyridine rings is 1. The third-order valence-electron chi connectivity index (χ3n) is 1.85. The van der Waals surface area contributed by atoms with Gasteiger partial charge in [-0.3, -0.25) is 4.98 Å². The van der Waals surface area contributed by atoms with Gasteiger partial charge in [-0.1, -0.05) is 29.2 Å². The van der Waals surface area contributed by atoms with E-state index in [4.69, 9.17) is 5.73 Å². The van der Waals surface area contributed by atoms with Crippen LogP contribution in [0.5, 0.6) is 0 Å². The van der Waals surface area contributed by atoms with E-state index in [1.54, 1.807) is 23.5 Å². The van der Waals surface area contributed by atoms with Gasteiger partial charge in [0, 0.05) is 18.9 Å². The van der Waals surface area contributed by atoms with E-state index in [0.717, 1.165) is 9.90 Å². The molecule has 0 amide bonds. The van der Waals surface area contributed by atoms with Crippen LogP contribution in [0.2, 0.25) is 0 Å². The fourth-order valence-corrected chi connectivity index (χ4v) is 2.84. The highest BCUT2D eigenvalue weighted by Gasteiger charge is 2.13. The van der Waals surface area contributed by atoms with Crippen LogP contribution in [0.15, 0.2) is 34.4 Å². The summed E-state index contributed by atoms with van der Waals surface area (Å²) in [6, 6.07) is 3.94. The Kier molecular flexibility index (Phi) is 3.65. The van der Waals surface area contributed by atoms with Crippen molar-refractivity contribution >= 4 is 23.1 Å². The summed E-state index contributed by atoms with van der Waals surface area (Å²) in [5, 5.41) is 7.98. The second kappa shape index (κ2) is 5.20. The third-order valence-corrected chi connectivity index (χ3v) is 3.95. The predicted molar refractivity (Wildman–Crippen MR) is 61.8 cm³/mol. The summed E-state index contributed by atoms with van der Waals surface area (Å²) in [6.45, 7) is 0.565. The van der Waals surface area contributed by atoms with E-state index in [0.29, 0.717) is 6.54 Å². The average Bonchev–Trinajstić information content (AvgIpc) is 2.80. The number of nitrogens with two attached hydrogens (primary N) is 1. The molecule has 2 heterocycles. The standard InChI is InChI=1S/C9H10N4S2/c10-4-8(7-2-1-3-11-5-7)15-9-13-12-6-14-9/h1-3,5-6,8H,4,10H2. The lowest BCUT2D eigenvalue weighted by Crippen LogP contribution is -2.09. The number of hydrogen-bond donors (Lipinski definition) is 1. The van der Waals surface area contributed by atoms with E-state index < -0.39 is 0 Å². The summed E-state index contributed by atoms with van der Waals surface area (Å²) in [7, 11) is 0. The Labute approximate surface area is 95.9 Å². The first-order chi connectivity index (χ1) is 7.40. The van der Waals surface area contributed by atoms with Crippen LogP contribution in [0, 0.1) is 0 Å². The van der Waals surface area contributed by atoms with Gasteiger partial charge in [0.1, 0.15) is 5.51 Å². The van der Waals surface area contributed by atoms with Gasteiger partial charge in [-0.25, -0.2) is 0 Å². The van der Waals surface area contributed by atoms with E-state index >= 15 is 0 Å². The van der Waals surface area contributed by atoms with Crippen LogP contribution in [0.1, 0.15) is 10.8 Å². The summed E-state index contributed by atoms with van der Waals surface area (Å²) in [4.78, 5) is 4.08. The molecule has 0 bridgehead atoms. The van der Waals surface area contributed by atoms with Gasteiger partial charge in [-0.2, -0.15) is 0 Å². The van der Waals surface area contributed by atoms with Gasteiger partial charge < -0.3 is 5.73 Å². The molecule has 2 aromatic rings. The third kappa shape index (κ3) is 2.74. The summed E-state index contributed by atoms with van der Waals surface area (Å²) < 4.78 is 0.939. The highest BCUT2D eigenvalue weighted by molar-refractivity contribution is 8.01. The second-order valence-corrected chi connectivity index (χ2v) is 5.12. The van der Waals surface area contributed by atoms with Crippen molar-refractivity contribution in [2.24, 2.45) is 5.73 Å². The molecule has 78 valence electrons. The van der Waals surface area contributed by atoms with Crippen LogP contribution in [0.3, 0.4) is 0 Å². The maximum Gasteiger partial charge on any atom is 0.174 e. The smallest absolute Gasteiger partial charge is 0.174 e. The molecule has 0 aromatic carbocycles. The Morgan fingerprint density at radius 2 is 2.47 bits per heavy atom. The zero-order valence-corrected chi connectivity index (χ0v) is 9.54. The Morgan fingerprint density at radius 1 is 1.53 bits per heavy atom. The lowest BCUT2D eigenvalue weighted by atomic mass is 10.2. The van der Waals surface area contributed by atoms with Gasteiger partial charge in [-0.15, -0.1) is 10.2 Å². The Morgan fingerprint density at radius 3 is 3.07 bits per heavy atom. The average molecular weight is 238 g/mol. The molecule has 2 aromatic heterocycles. The maximum atomic E-state index is 5.73. The first kappa shape index (κ1) is 10.5. The van der Waals surface area contributed by atoms with Crippen LogP contribution in [0.4, 0.5) is 0 Å². The van der Waals surface area contributed by atoms with E-state index in [9.17, 15) is 0 Å². The summed E-state index contributed by atoms with van der Waals surface area (Å²) in [5.41, 5.74) is 8.58. The fraction of sp³-hybridized carbons (Fsp3) is 0.222. The van der Waals surface area contributed by atoms with Gasteiger partial charge in [-0.05, 0) is 11.6 Å². The minimum Gasteiger partial charge on any atom is -0.329 e. The Bertz CT molecular complexity index is 390. The van der Waals surface area contributed by atoms with Gasteiger partial charge in [0.2, 0.25) is 0 Å². The molecule has 2 rings (SSSR count).